The molecule has 0 aliphatic heterocycles. The van der Waals surface area contributed by atoms with Crippen LogP contribution in [0.5, 0.6) is 5.75 Å². The van der Waals surface area contributed by atoms with Gasteiger partial charge in [0.15, 0.2) is 5.82 Å². The molecule has 1 aromatic carbocycles. The summed E-state index contributed by atoms with van der Waals surface area (Å²) in [6.07, 6.45) is 1.46. The zero-order valence-electron chi connectivity index (χ0n) is 10.6. The average molecular weight is 294 g/mol. The van der Waals surface area contributed by atoms with E-state index in [0.29, 0.717) is 11.4 Å². The number of sulfonamides is 1. The Balaban J connectivity index is 1.87. The third-order valence-electron chi connectivity index (χ3n) is 2.31. The molecule has 3 N–H and O–H groups in total. The summed E-state index contributed by atoms with van der Waals surface area (Å²) in [5.41, 5.74) is 6.15. The Labute approximate surface area is 116 Å². The zero-order valence-corrected chi connectivity index (χ0v) is 11.4. The van der Waals surface area contributed by atoms with Crippen LogP contribution in [0.25, 0.3) is 0 Å². The SMILES string of the molecule is Nc1cccc(OCCS(=O)(=O)Nc2cccnn2)c1. The average Bonchev–Trinajstić information content (AvgIpc) is 2.39. The van der Waals surface area contributed by atoms with Crippen LogP contribution < -0.4 is 15.2 Å². The minimum Gasteiger partial charge on any atom is -0.492 e. The molecular weight excluding hydrogens is 280 g/mol. The molecule has 0 spiro atoms. The Hall–Kier alpha value is -2.35. The van der Waals surface area contributed by atoms with Crippen LogP contribution in [0.3, 0.4) is 0 Å². The van der Waals surface area contributed by atoms with Crippen LogP contribution in [-0.2, 0) is 10.0 Å². The van der Waals surface area contributed by atoms with Crippen molar-refractivity contribution in [1.82, 2.24) is 10.2 Å². The third-order valence-corrected chi connectivity index (χ3v) is 3.54. The van der Waals surface area contributed by atoms with Crippen molar-refractivity contribution in [2.24, 2.45) is 0 Å². The second kappa shape index (κ2) is 6.20. The highest BCUT2D eigenvalue weighted by molar-refractivity contribution is 7.92. The quantitative estimate of drug-likeness (QED) is 0.766. The van der Waals surface area contributed by atoms with Crippen LogP contribution in [0.4, 0.5) is 11.5 Å². The lowest BCUT2D eigenvalue weighted by Gasteiger charge is -2.08. The lowest BCUT2D eigenvalue weighted by molar-refractivity contribution is 0.341. The van der Waals surface area contributed by atoms with Crippen LogP contribution in [0.1, 0.15) is 0 Å². The molecule has 8 heteroatoms. The Bertz CT molecular complexity index is 661. The van der Waals surface area contributed by atoms with Gasteiger partial charge in [-0.05, 0) is 24.3 Å². The molecule has 1 aromatic heterocycles. The number of nitrogen functional groups attached to an aromatic ring is 1. The van der Waals surface area contributed by atoms with E-state index < -0.39 is 10.0 Å². The molecular formula is C12H14N4O3S. The third kappa shape index (κ3) is 4.39. The molecule has 0 unspecified atom stereocenters. The van der Waals surface area contributed by atoms with E-state index in [2.05, 4.69) is 14.9 Å². The molecule has 0 aliphatic carbocycles. The fourth-order valence-electron chi connectivity index (χ4n) is 1.44. The first-order valence-corrected chi connectivity index (χ1v) is 7.47. The summed E-state index contributed by atoms with van der Waals surface area (Å²) in [7, 11) is -3.52. The van der Waals surface area contributed by atoms with E-state index in [1.54, 1.807) is 30.3 Å². The number of rotatable bonds is 6. The molecule has 0 aliphatic rings. The lowest BCUT2D eigenvalue weighted by atomic mass is 10.3. The Morgan fingerprint density at radius 3 is 2.80 bits per heavy atom. The van der Waals surface area contributed by atoms with Crippen LogP contribution in [0, 0.1) is 0 Å². The van der Waals surface area contributed by atoms with Gasteiger partial charge >= 0.3 is 0 Å². The molecule has 0 saturated heterocycles. The number of benzene rings is 1. The summed E-state index contributed by atoms with van der Waals surface area (Å²) < 4.78 is 31.2. The summed E-state index contributed by atoms with van der Waals surface area (Å²) in [6.45, 7) is 0.0129. The Morgan fingerprint density at radius 1 is 1.25 bits per heavy atom. The first kappa shape index (κ1) is 14.1. The second-order valence-electron chi connectivity index (χ2n) is 3.95. The van der Waals surface area contributed by atoms with Gasteiger partial charge in [-0.25, -0.2) is 8.42 Å². The standard InChI is InChI=1S/C12H14N4O3S/c13-10-3-1-4-11(9-10)19-7-8-20(17,18)16-12-5-2-6-14-15-12/h1-6,9H,7-8,13H2,(H,15,16). The van der Waals surface area contributed by atoms with Crippen LogP contribution in [-0.4, -0.2) is 31.0 Å². The van der Waals surface area contributed by atoms with E-state index in [9.17, 15) is 8.42 Å². The molecule has 2 rings (SSSR count). The number of nitrogens with zero attached hydrogens (tertiary/aromatic N) is 2. The maximum absolute atomic E-state index is 11.8. The van der Waals surface area contributed by atoms with Crippen LogP contribution in [0.2, 0.25) is 0 Å². The highest BCUT2D eigenvalue weighted by Crippen LogP contribution is 2.14. The first-order chi connectivity index (χ1) is 9.55. The number of aromatic nitrogens is 2. The number of anilines is 2. The van der Waals surface area contributed by atoms with E-state index in [-0.39, 0.29) is 18.2 Å². The predicted octanol–water partition coefficient (Wildman–Crippen LogP) is 0.879. The lowest BCUT2D eigenvalue weighted by Crippen LogP contribution is -2.21. The van der Waals surface area contributed by atoms with Crippen molar-refractivity contribution in [3.63, 3.8) is 0 Å². The Kier molecular flexibility index (Phi) is 4.36. The fourth-order valence-corrected chi connectivity index (χ4v) is 2.27. The summed E-state index contributed by atoms with van der Waals surface area (Å²) in [5, 5.41) is 7.23. The van der Waals surface area contributed by atoms with Crippen molar-refractivity contribution in [3.05, 3.63) is 42.6 Å². The van der Waals surface area contributed by atoms with E-state index in [1.165, 1.54) is 12.3 Å². The summed E-state index contributed by atoms with van der Waals surface area (Å²) in [4.78, 5) is 0. The van der Waals surface area contributed by atoms with Crippen molar-refractivity contribution in [2.45, 2.75) is 0 Å². The van der Waals surface area contributed by atoms with Gasteiger partial charge in [-0.15, -0.1) is 5.10 Å². The largest absolute Gasteiger partial charge is 0.492 e. The highest BCUT2D eigenvalue weighted by atomic mass is 32.2. The highest BCUT2D eigenvalue weighted by Gasteiger charge is 2.11. The predicted molar refractivity (Wildman–Crippen MR) is 75.8 cm³/mol. The van der Waals surface area contributed by atoms with Gasteiger partial charge in [-0.3, -0.25) is 4.72 Å². The molecule has 0 radical (unpaired) electrons. The van der Waals surface area contributed by atoms with Gasteiger partial charge in [-0.1, -0.05) is 6.07 Å². The van der Waals surface area contributed by atoms with Crippen molar-refractivity contribution >= 4 is 21.5 Å². The van der Waals surface area contributed by atoms with Gasteiger partial charge < -0.3 is 10.5 Å². The summed E-state index contributed by atoms with van der Waals surface area (Å²) in [5.74, 6) is 0.509. The van der Waals surface area contributed by atoms with Crippen LogP contribution in [0.15, 0.2) is 42.6 Å². The van der Waals surface area contributed by atoms with E-state index in [0.717, 1.165) is 0 Å². The number of hydrogen-bond donors (Lipinski definition) is 2. The molecule has 106 valence electrons. The topological polar surface area (TPSA) is 107 Å². The van der Waals surface area contributed by atoms with Gasteiger partial charge in [0.1, 0.15) is 18.1 Å². The van der Waals surface area contributed by atoms with E-state index in [4.69, 9.17) is 10.5 Å². The Morgan fingerprint density at radius 2 is 2.10 bits per heavy atom. The van der Waals surface area contributed by atoms with E-state index in [1.807, 2.05) is 0 Å². The van der Waals surface area contributed by atoms with Gasteiger partial charge in [-0.2, -0.15) is 5.10 Å². The van der Waals surface area contributed by atoms with Crippen molar-refractivity contribution in [3.8, 4) is 5.75 Å². The first-order valence-electron chi connectivity index (χ1n) is 5.82. The normalized spacial score (nSPS) is 11.0. The maximum Gasteiger partial charge on any atom is 0.237 e. The van der Waals surface area contributed by atoms with Gasteiger partial charge in [0, 0.05) is 18.0 Å². The maximum atomic E-state index is 11.8. The molecule has 7 nitrogen and oxygen atoms in total. The van der Waals surface area contributed by atoms with Crippen molar-refractivity contribution in [1.29, 1.82) is 0 Å². The van der Waals surface area contributed by atoms with Gasteiger partial charge in [0.05, 0.1) is 0 Å². The summed E-state index contributed by atoms with van der Waals surface area (Å²) in [6, 6.07) is 9.90. The fraction of sp³-hybridized carbons (Fsp3) is 0.167. The zero-order chi connectivity index (χ0) is 14.4. The van der Waals surface area contributed by atoms with Crippen molar-refractivity contribution in [2.75, 3.05) is 22.8 Å². The number of hydrogen-bond acceptors (Lipinski definition) is 6. The van der Waals surface area contributed by atoms with E-state index >= 15 is 0 Å². The molecule has 2 aromatic rings. The number of ether oxygens (including phenoxy) is 1. The minimum absolute atomic E-state index is 0.0129. The molecule has 0 fully saturated rings. The monoisotopic (exact) mass is 294 g/mol. The van der Waals surface area contributed by atoms with Gasteiger partial charge in [0.25, 0.3) is 0 Å². The molecule has 0 amide bonds. The van der Waals surface area contributed by atoms with Gasteiger partial charge in [0.2, 0.25) is 10.0 Å². The second-order valence-corrected chi connectivity index (χ2v) is 5.79. The molecule has 0 saturated carbocycles. The number of nitrogens with one attached hydrogen (secondary N) is 1. The number of nitrogens with two attached hydrogens (primary N) is 1. The molecule has 0 bridgehead atoms. The van der Waals surface area contributed by atoms with Crippen LogP contribution >= 0.6 is 0 Å². The van der Waals surface area contributed by atoms with Crippen molar-refractivity contribution < 1.29 is 13.2 Å². The summed E-state index contributed by atoms with van der Waals surface area (Å²) >= 11 is 0. The molecule has 20 heavy (non-hydrogen) atoms. The smallest absolute Gasteiger partial charge is 0.237 e. The minimum atomic E-state index is -3.52. The molecule has 1 heterocycles. The molecule has 0 atom stereocenters.